The molecule has 0 aliphatic rings. The molecule has 0 fully saturated rings. The molecule has 0 saturated carbocycles. The molecule has 0 aromatic carbocycles. The molecule has 0 heterocycles. The number of allylic oxidation sites excluding steroid dienone is 4. The van der Waals surface area contributed by atoms with Crippen LogP contribution in [0.3, 0.4) is 0 Å². The zero-order valence-corrected chi connectivity index (χ0v) is 64.1. The Morgan fingerprint density at radius 3 is 0.927 bits per heavy atom. The van der Waals surface area contributed by atoms with Crippen molar-refractivity contribution in [1.82, 2.24) is 0 Å². The van der Waals surface area contributed by atoms with Crippen LogP contribution in [0.5, 0.6) is 0 Å². The summed E-state index contributed by atoms with van der Waals surface area (Å²) < 4.78 is 68.5. The van der Waals surface area contributed by atoms with Gasteiger partial charge in [-0.3, -0.25) is 37.3 Å². The van der Waals surface area contributed by atoms with E-state index in [1.807, 2.05) is 0 Å². The Labute approximate surface area is 586 Å². The van der Waals surface area contributed by atoms with E-state index < -0.39 is 97.5 Å². The van der Waals surface area contributed by atoms with Crippen LogP contribution < -0.4 is 0 Å². The minimum atomic E-state index is -4.96. The predicted molar refractivity (Wildman–Crippen MR) is 390 cm³/mol. The molecule has 4 unspecified atom stereocenters. The number of aliphatic hydroxyl groups excluding tert-OH is 1. The van der Waals surface area contributed by atoms with Crippen molar-refractivity contribution in [2.24, 2.45) is 17.8 Å². The molecule has 0 rings (SSSR count). The van der Waals surface area contributed by atoms with Crippen LogP contribution in [-0.4, -0.2) is 96.7 Å². The molecule has 0 bridgehead atoms. The number of carbonyl (C=O) groups is 4. The van der Waals surface area contributed by atoms with E-state index in [9.17, 15) is 43.2 Å². The van der Waals surface area contributed by atoms with Crippen molar-refractivity contribution in [3.8, 4) is 0 Å². The van der Waals surface area contributed by atoms with Crippen LogP contribution in [0.1, 0.15) is 370 Å². The standard InChI is InChI=1S/C77H146O17P2/c1-8-11-12-13-14-15-16-17-18-22-25-32-37-46-53-61-77(82)94-73(65-88-75(80)59-52-45-40-39-43-50-57-70(7)10-3)67-92-96(85,86)90-63-71(78)62-89-95(83,84)91-66-72(64-87-74(79)58-51-44-36-31-28-27-30-35-42-49-56-69(6)9-2)93-76(81)60-54-47-38-33-26-23-20-19-21-24-29-34-41-48-55-68(4)5/h15-18,68-73,78H,8-14,19-67H2,1-7H3,(H,83,84)(H,85,86)/b16-15-,18-17-/t69?,70?,71-,72-,73-/m1/s1. The molecule has 0 spiro atoms. The van der Waals surface area contributed by atoms with E-state index in [-0.39, 0.29) is 25.7 Å². The Bertz CT molecular complexity index is 1970. The van der Waals surface area contributed by atoms with Crippen LogP contribution in [0.4, 0.5) is 0 Å². The fourth-order valence-electron chi connectivity index (χ4n) is 11.2. The number of ether oxygens (including phenoxy) is 4. The van der Waals surface area contributed by atoms with E-state index in [4.69, 9.17) is 37.0 Å². The minimum absolute atomic E-state index is 0.0839. The van der Waals surface area contributed by atoms with Gasteiger partial charge in [0.25, 0.3) is 0 Å². The first-order chi connectivity index (χ1) is 46.3. The summed E-state index contributed by atoms with van der Waals surface area (Å²) in [5.74, 6) is 0.181. The zero-order chi connectivity index (χ0) is 70.9. The van der Waals surface area contributed by atoms with E-state index in [1.54, 1.807) is 0 Å². The molecule has 17 nitrogen and oxygen atoms in total. The lowest BCUT2D eigenvalue weighted by atomic mass is 9.99. The van der Waals surface area contributed by atoms with Crippen molar-refractivity contribution in [2.45, 2.75) is 388 Å². The van der Waals surface area contributed by atoms with E-state index in [0.29, 0.717) is 25.7 Å². The van der Waals surface area contributed by atoms with Gasteiger partial charge in [-0.15, -0.1) is 0 Å². The number of phosphoric ester groups is 2. The largest absolute Gasteiger partial charge is 0.472 e. The number of aliphatic hydroxyl groups is 1. The summed E-state index contributed by atoms with van der Waals surface area (Å²) >= 11 is 0. The maximum Gasteiger partial charge on any atom is 0.472 e. The van der Waals surface area contributed by atoms with Crippen LogP contribution in [0.2, 0.25) is 0 Å². The minimum Gasteiger partial charge on any atom is -0.462 e. The van der Waals surface area contributed by atoms with Gasteiger partial charge in [0.05, 0.1) is 26.4 Å². The van der Waals surface area contributed by atoms with Crippen molar-refractivity contribution in [3.63, 3.8) is 0 Å². The molecule has 0 aliphatic carbocycles. The fourth-order valence-corrected chi connectivity index (χ4v) is 12.8. The van der Waals surface area contributed by atoms with Crippen molar-refractivity contribution < 1.29 is 80.2 Å². The summed E-state index contributed by atoms with van der Waals surface area (Å²) in [4.78, 5) is 72.8. The summed E-state index contributed by atoms with van der Waals surface area (Å²) in [5.41, 5.74) is 0. The maximum absolute atomic E-state index is 13.1. The van der Waals surface area contributed by atoms with Gasteiger partial charge >= 0.3 is 39.5 Å². The van der Waals surface area contributed by atoms with Gasteiger partial charge in [0.15, 0.2) is 12.2 Å². The third kappa shape index (κ3) is 67.4. The molecule has 0 aliphatic heterocycles. The van der Waals surface area contributed by atoms with Gasteiger partial charge in [0.2, 0.25) is 0 Å². The van der Waals surface area contributed by atoms with Crippen LogP contribution in [0.25, 0.3) is 0 Å². The molecule has 96 heavy (non-hydrogen) atoms. The summed E-state index contributed by atoms with van der Waals surface area (Å²) in [5, 5.41) is 10.6. The lowest BCUT2D eigenvalue weighted by Crippen LogP contribution is -2.30. The number of hydrogen-bond acceptors (Lipinski definition) is 15. The van der Waals surface area contributed by atoms with Gasteiger partial charge in [-0.1, -0.05) is 317 Å². The highest BCUT2D eigenvalue weighted by Crippen LogP contribution is 2.45. The van der Waals surface area contributed by atoms with Crippen LogP contribution in [0.15, 0.2) is 24.3 Å². The van der Waals surface area contributed by atoms with Gasteiger partial charge < -0.3 is 33.8 Å². The van der Waals surface area contributed by atoms with Gasteiger partial charge in [0, 0.05) is 25.7 Å². The van der Waals surface area contributed by atoms with Crippen molar-refractivity contribution >= 4 is 39.5 Å². The van der Waals surface area contributed by atoms with E-state index in [0.717, 1.165) is 127 Å². The third-order valence-electron chi connectivity index (χ3n) is 18.0. The van der Waals surface area contributed by atoms with Crippen molar-refractivity contribution in [3.05, 3.63) is 24.3 Å². The van der Waals surface area contributed by atoms with Crippen LogP contribution in [-0.2, 0) is 65.4 Å². The van der Waals surface area contributed by atoms with E-state index >= 15 is 0 Å². The predicted octanol–water partition coefficient (Wildman–Crippen LogP) is 22.1. The molecular formula is C77H146O17P2. The molecule has 19 heteroatoms. The summed E-state index contributed by atoms with van der Waals surface area (Å²) in [6, 6.07) is 0. The first-order valence-corrected chi connectivity index (χ1v) is 42.2. The van der Waals surface area contributed by atoms with Crippen molar-refractivity contribution in [2.75, 3.05) is 39.6 Å². The monoisotopic (exact) mass is 1410 g/mol. The molecule has 566 valence electrons. The van der Waals surface area contributed by atoms with Crippen molar-refractivity contribution in [1.29, 1.82) is 0 Å². The van der Waals surface area contributed by atoms with Gasteiger partial charge in [-0.05, 0) is 69.1 Å². The van der Waals surface area contributed by atoms with Crippen LogP contribution in [0, 0.1) is 17.8 Å². The first kappa shape index (κ1) is 93.5. The van der Waals surface area contributed by atoms with E-state index in [1.165, 1.54) is 161 Å². The summed E-state index contributed by atoms with van der Waals surface area (Å²) in [6.45, 7) is 11.8. The molecule has 0 radical (unpaired) electrons. The van der Waals surface area contributed by atoms with E-state index in [2.05, 4.69) is 72.8 Å². The fraction of sp³-hybridized carbons (Fsp3) is 0.896. The molecular weight excluding hydrogens is 1260 g/mol. The Morgan fingerprint density at radius 2 is 0.615 bits per heavy atom. The third-order valence-corrected chi connectivity index (χ3v) is 19.9. The lowest BCUT2D eigenvalue weighted by Gasteiger charge is -2.21. The average Bonchev–Trinajstić information content (AvgIpc) is 1.14. The smallest absolute Gasteiger partial charge is 0.462 e. The highest BCUT2D eigenvalue weighted by Gasteiger charge is 2.30. The Hall–Kier alpha value is -2.46. The Balaban J connectivity index is 5.30. The first-order valence-electron chi connectivity index (χ1n) is 39.2. The van der Waals surface area contributed by atoms with Crippen LogP contribution >= 0.6 is 15.6 Å². The summed E-state index contributed by atoms with van der Waals surface area (Å²) in [6.07, 6.45) is 56.2. The quantitative estimate of drug-likeness (QED) is 0.0169. The maximum atomic E-state index is 13.1. The molecule has 0 saturated heterocycles. The number of rotatable bonds is 73. The number of esters is 4. The van der Waals surface area contributed by atoms with Gasteiger partial charge in [-0.25, -0.2) is 9.13 Å². The molecule has 0 amide bonds. The number of phosphoric acid groups is 2. The zero-order valence-electron chi connectivity index (χ0n) is 62.3. The molecule has 0 aromatic rings. The second-order valence-electron chi connectivity index (χ2n) is 28.0. The topological polar surface area (TPSA) is 237 Å². The number of unbranched alkanes of at least 4 members (excludes halogenated alkanes) is 36. The summed E-state index contributed by atoms with van der Waals surface area (Å²) in [7, 11) is -9.93. The molecule has 7 atom stereocenters. The SMILES string of the molecule is CCCCCC/C=C\C=C/CCCCCCCC(=O)O[C@H](COC(=O)CCCCCCCCC(C)CC)COP(=O)(O)OC[C@H](O)COP(=O)(O)OC[C@@H](COC(=O)CCCCCCCCCCCCC(C)CC)OC(=O)CCCCCCCCCCCCCCCCC(C)C. The Morgan fingerprint density at radius 1 is 0.344 bits per heavy atom. The Kier molecular flexibility index (Phi) is 65.3. The lowest BCUT2D eigenvalue weighted by molar-refractivity contribution is -0.161. The second-order valence-corrected chi connectivity index (χ2v) is 30.9. The highest BCUT2D eigenvalue weighted by atomic mass is 31.2. The number of hydrogen-bond donors (Lipinski definition) is 3. The molecule has 0 aromatic heterocycles. The second kappa shape index (κ2) is 67.1. The van der Waals surface area contributed by atoms with Gasteiger partial charge in [0.1, 0.15) is 19.3 Å². The normalized spacial score (nSPS) is 14.8. The highest BCUT2D eigenvalue weighted by molar-refractivity contribution is 7.47. The van der Waals surface area contributed by atoms with Gasteiger partial charge in [-0.2, -0.15) is 0 Å². The number of carbonyl (C=O) groups excluding carboxylic acids is 4. The molecule has 3 N–H and O–H groups in total. The average molecular weight is 1410 g/mol.